The Morgan fingerprint density at radius 2 is 1.84 bits per heavy atom. The van der Waals surface area contributed by atoms with Crippen LogP contribution in [-0.2, 0) is 24.4 Å². The Labute approximate surface area is 146 Å². The second-order valence-electron chi connectivity index (χ2n) is 5.77. The summed E-state index contributed by atoms with van der Waals surface area (Å²) in [6.07, 6.45) is 1.56. The van der Waals surface area contributed by atoms with Crippen molar-refractivity contribution >= 4 is 12.0 Å². The maximum Gasteiger partial charge on any atom is 0.315 e. The molecule has 7 heteroatoms. The Hall–Kier alpha value is -2.80. The topological polar surface area (TPSA) is 94.8 Å². The lowest BCUT2D eigenvalue weighted by molar-refractivity contribution is -0.136. The summed E-state index contributed by atoms with van der Waals surface area (Å²) in [4.78, 5) is 24.3. The minimum Gasteiger partial charge on any atom is -0.481 e. The van der Waals surface area contributed by atoms with Crippen molar-refractivity contribution < 1.29 is 19.1 Å². The van der Waals surface area contributed by atoms with E-state index in [-0.39, 0.29) is 19.0 Å². The summed E-state index contributed by atoms with van der Waals surface area (Å²) in [7, 11) is 2.01. The highest BCUT2D eigenvalue weighted by molar-refractivity contribution is 5.75. The molecule has 2 rings (SSSR count). The number of hydrogen-bond acceptors (Lipinski definition) is 4. The van der Waals surface area contributed by atoms with Gasteiger partial charge in [-0.15, -0.1) is 0 Å². The molecule has 7 nitrogen and oxygen atoms in total. The summed E-state index contributed by atoms with van der Waals surface area (Å²) in [5.74, 6) is -0.0406. The van der Waals surface area contributed by atoms with Crippen LogP contribution in [0.4, 0.5) is 4.79 Å². The summed E-state index contributed by atoms with van der Waals surface area (Å²) in [6, 6.07) is 11.3. The highest BCUT2D eigenvalue weighted by Crippen LogP contribution is 2.13. The van der Waals surface area contributed by atoms with Gasteiger partial charge in [0, 0.05) is 19.6 Å². The number of hydrogen-bond donors (Lipinski definition) is 3. The van der Waals surface area contributed by atoms with E-state index in [0.717, 1.165) is 23.4 Å². The molecule has 2 amide bonds. The van der Waals surface area contributed by atoms with Crippen LogP contribution in [0.1, 0.15) is 23.3 Å². The zero-order valence-electron chi connectivity index (χ0n) is 14.2. The first-order chi connectivity index (χ1) is 12.0. The maximum atomic E-state index is 11.7. The van der Waals surface area contributed by atoms with Crippen LogP contribution in [-0.4, -0.2) is 35.6 Å². The molecular formula is C18H23N3O4. The zero-order valence-corrected chi connectivity index (χ0v) is 14.2. The van der Waals surface area contributed by atoms with Crippen molar-refractivity contribution in [1.82, 2.24) is 15.5 Å². The van der Waals surface area contributed by atoms with Crippen LogP contribution in [0.25, 0.3) is 0 Å². The molecule has 0 aliphatic heterocycles. The van der Waals surface area contributed by atoms with Crippen LogP contribution in [0, 0.1) is 0 Å². The van der Waals surface area contributed by atoms with Crippen molar-refractivity contribution in [2.24, 2.45) is 0 Å². The summed E-state index contributed by atoms with van der Waals surface area (Å²) >= 11 is 0. The smallest absolute Gasteiger partial charge is 0.315 e. The fraction of sp³-hybridized carbons (Fsp3) is 0.333. The van der Waals surface area contributed by atoms with Crippen molar-refractivity contribution in [3.8, 4) is 0 Å². The van der Waals surface area contributed by atoms with Crippen molar-refractivity contribution in [3.05, 3.63) is 59.5 Å². The van der Waals surface area contributed by atoms with E-state index in [1.54, 1.807) is 6.26 Å². The van der Waals surface area contributed by atoms with Gasteiger partial charge in [-0.05, 0) is 30.3 Å². The first kappa shape index (κ1) is 18.5. The maximum absolute atomic E-state index is 11.7. The molecule has 0 fully saturated rings. The number of carboxylic acids is 1. The molecule has 25 heavy (non-hydrogen) atoms. The van der Waals surface area contributed by atoms with E-state index < -0.39 is 5.97 Å². The number of benzene rings is 1. The van der Waals surface area contributed by atoms with E-state index >= 15 is 0 Å². The zero-order chi connectivity index (χ0) is 18.1. The highest BCUT2D eigenvalue weighted by Gasteiger charge is 2.09. The minimum atomic E-state index is -0.940. The first-order valence-electron chi connectivity index (χ1n) is 8.06. The molecule has 0 atom stereocenters. The van der Waals surface area contributed by atoms with Gasteiger partial charge in [-0.3, -0.25) is 9.69 Å². The summed E-state index contributed by atoms with van der Waals surface area (Å²) in [6.45, 7) is 1.90. The summed E-state index contributed by atoms with van der Waals surface area (Å²) < 4.78 is 5.36. The molecule has 0 unspecified atom stereocenters. The molecule has 0 aliphatic rings. The Morgan fingerprint density at radius 3 is 2.52 bits per heavy atom. The average Bonchev–Trinajstić information content (AvgIpc) is 3.06. The average molecular weight is 345 g/mol. The van der Waals surface area contributed by atoms with E-state index in [1.807, 2.05) is 43.4 Å². The number of carboxylic acid groups (broad SMARTS) is 1. The lowest BCUT2D eigenvalue weighted by atomic mass is 10.1. The molecule has 1 aromatic heterocycles. The predicted octanol–water partition coefficient (Wildman–Crippen LogP) is 2.19. The van der Waals surface area contributed by atoms with Crippen LogP contribution < -0.4 is 10.6 Å². The van der Waals surface area contributed by atoms with Crippen molar-refractivity contribution in [2.45, 2.75) is 26.1 Å². The van der Waals surface area contributed by atoms with Gasteiger partial charge in [-0.25, -0.2) is 4.79 Å². The van der Waals surface area contributed by atoms with Crippen LogP contribution in [0.15, 0.2) is 47.1 Å². The number of rotatable bonds is 9. The quantitative estimate of drug-likeness (QED) is 0.647. The fourth-order valence-electron chi connectivity index (χ4n) is 2.42. The van der Waals surface area contributed by atoms with Crippen molar-refractivity contribution in [3.63, 3.8) is 0 Å². The molecule has 1 aromatic carbocycles. The number of carbonyl (C=O) groups is 2. The summed E-state index contributed by atoms with van der Waals surface area (Å²) in [5, 5.41) is 13.8. The third-order valence-electron chi connectivity index (χ3n) is 3.63. The lowest BCUT2D eigenvalue weighted by Crippen LogP contribution is -2.36. The van der Waals surface area contributed by atoms with Gasteiger partial charge in [0.05, 0.1) is 19.2 Å². The molecule has 0 spiro atoms. The van der Waals surface area contributed by atoms with Gasteiger partial charge in [-0.1, -0.05) is 24.3 Å². The van der Waals surface area contributed by atoms with Gasteiger partial charge in [0.1, 0.15) is 5.76 Å². The predicted molar refractivity (Wildman–Crippen MR) is 92.8 cm³/mol. The molecular weight excluding hydrogens is 322 g/mol. The molecule has 2 aromatic rings. The van der Waals surface area contributed by atoms with E-state index in [1.165, 1.54) is 0 Å². The van der Waals surface area contributed by atoms with Gasteiger partial charge in [-0.2, -0.15) is 0 Å². The van der Waals surface area contributed by atoms with Crippen LogP contribution in [0.3, 0.4) is 0 Å². The molecule has 0 saturated carbocycles. The number of urea groups is 1. The number of amides is 2. The second-order valence-corrected chi connectivity index (χ2v) is 5.77. The molecule has 1 heterocycles. The van der Waals surface area contributed by atoms with E-state index in [2.05, 4.69) is 15.5 Å². The van der Waals surface area contributed by atoms with E-state index in [9.17, 15) is 9.59 Å². The Balaban J connectivity index is 1.84. The normalized spacial score (nSPS) is 10.6. The molecule has 3 N–H and O–H groups in total. The van der Waals surface area contributed by atoms with Crippen LogP contribution in [0.5, 0.6) is 0 Å². The number of nitrogens with one attached hydrogen (secondary N) is 2. The molecule has 0 saturated heterocycles. The monoisotopic (exact) mass is 345 g/mol. The van der Waals surface area contributed by atoms with Gasteiger partial charge in [0.25, 0.3) is 0 Å². The molecule has 0 radical (unpaired) electrons. The SMILES string of the molecule is CN(Cc1ccco1)Cc1ccccc1CNC(=O)NCCC(=O)O. The third-order valence-corrected chi connectivity index (χ3v) is 3.63. The van der Waals surface area contributed by atoms with Crippen molar-refractivity contribution in [2.75, 3.05) is 13.6 Å². The minimum absolute atomic E-state index is 0.0957. The van der Waals surface area contributed by atoms with E-state index in [4.69, 9.17) is 9.52 Å². The van der Waals surface area contributed by atoms with Gasteiger partial charge < -0.3 is 20.2 Å². The third kappa shape index (κ3) is 6.68. The highest BCUT2D eigenvalue weighted by atomic mass is 16.4. The number of furan rings is 1. The van der Waals surface area contributed by atoms with Gasteiger partial charge in [0.2, 0.25) is 0 Å². The van der Waals surface area contributed by atoms with Crippen LogP contribution >= 0.6 is 0 Å². The van der Waals surface area contributed by atoms with Gasteiger partial charge in [0.15, 0.2) is 0 Å². The first-order valence-corrected chi connectivity index (χ1v) is 8.06. The van der Waals surface area contributed by atoms with E-state index in [0.29, 0.717) is 13.1 Å². The molecule has 0 aliphatic carbocycles. The van der Waals surface area contributed by atoms with Crippen molar-refractivity contribution in [1.29, 1.82) is 0 Å². The van der Waals surface area contributed by atoms with Gasteiger partial charge >= 0.3 is 12.0 Å². The lowest BCUT2D eigenvalue weighted by Gasteiger charge is -2.18. The Bertz CT molecular complexity index is 685. The van der Waals surface area contributed by atoms with Crippen LogP contribution in [0.2, 0.25) is 0 Å². The standard InChI is InChI=1S/C18H23N3O4/c1-21(13-16-7-4-10-25-16)12-15-6-3-2-5-14(15)11-20-18(24)19-9-8-17(22)23/h2-7,10H,8-9,11-13H2,1H3,(H,22,23)(H2,19,20,24). The molecule has 134 valence electrons. The largest absolute Gasteiger partial charge is 0.481 e. The fourth-order valence-corrected chi connectivity index (χ4v) is 2.42. The molecule has 0 bridgehead atoms. The Kier molecular flexibility index (Phi) is 7.03. The Morgan fingerprint density at radius 1 is 1.08 bits per heavy atom. The summed E-state index contributed by atoms with van der Waals surface area (Å²) in [5.41, 5.74) is 2.13. The number of carbonyl (C=O) groups excluding carboxylic acids is 1. The second kappa shape index (κ2) is 9.48. The number of aliphatic carboxylic acids is 1. The number of nitrogens with zero attached hydrogens (tertiary/aromatic N) is 1.